The van der Waals surface area contributed by atoms with Crippen LogP contribution in [0.4, 0.5) is 0 Å². The molecule has 2 heterocycles. The SMILES string of the molecule is Cl.NC1CCC2CC2(Oc2nccn3nccc23)C1. The van der Waals surface area contributed by atoms with Crippen molar-refractivity contribution in [1.82, 2.24) is 14.6 Å². The Kier molecular flexibility index (Phi) is 2.91. The molecule has 0 radical (unpaired) electrons. The first-order valence-corrected chi connectivity index (χ1v) is 6.50. The molecule has 2 N–H and O–H groups in total. The van der Waals surface area contributed by atoms with Gasteiger partial charge < -0.3 is 10.5 Å². The van der Waals surface area contributed by atoms with Gasteiger partial charge in [0.25, 0.3) is 0 Å². The molecule has 19 heavy (non-hydrogen) atoms. The van der Waals surface area contributed by atoms with Crippen LogP contribution in [0.3, 0.4) is 0 Å². The van der Waals surface area contributed by atoms with Crippen LogP contribution in [0, 0.1) is 5.92 Å². The maximum absolute atomic E-state index is 6.21. The molecule has 4 rings (SSSR count). The largest absolute Gasteiger partial charge is 0.469 e. The van der Waals surface area contributed by atoms with Gasteiger partial charge in [0.2, 0.25) is 5.88 Å². The van der Waals surface area contributed by atoms with Crippen LogP contribution in [0.15, 0.2) is 24.7 Å². The van der Waals surface area contributed by atoms with E-state index in [-0.39, 0.29) is 24.0 Å². The third-order valence-corrected chi connectivity index (χ3v) is 4.26. The van der Waals surface area contributed by atoms with Crippen LogP contribution in [0.2, 0.25) is 0 Å². The normalized spacial score (nSPS) is 32.5. The van der Waals surface area contributed by atoms with Gasteiger partial charge in [0.15, 0.2) is 0 Å². The topological polar surface area (TPSA) is 65.4 Å². The van der Waals surface area contributed by atoms with Crippen LogP contribution in [-0.2, 0) is 0 Å². The molecule has 0 spiro atoms. The van der Waals surface area contributed by atoms with E-state index in [4.69, 9.17) is 10.5 Å². The van der Waals surface area contributed by atoms with E-state index in [9.17, 15) is 0 Å². The second kappa shape index (κ2) is 4.35. The molecule has 0 bridgehead atoms. The average Bonchev–Trinajstić information content (AvgIpc) is 2.83. The zero-order valence-corrected chi connectivity index (χ0v) is 11.3. The summed E-state index contributed by atoms with van der Waals surface area (Å²) in [6.45, 7) is 0. The van der Waals surface area contributed by atoms with Crippen LogP contribution in [0.1, 0.15) is 25.7 Å². The highest BCUT2D eigenvalue weighted by Crippen LogP contribution is 2.55. The maximum Gasteiger partial charge on any atom is 0.240 e. The summed E-state index contributed by atoms with van der Waals surface area (Å²) in [4.78, 5) is 4.35. The molecule has 5 nitrogen and oxygen atoms in total. The summed E-state index contributed by atoms with van der Waals surface area (Å²) in [6.07, 6.45) is 9.71. The molecule has 102 valence electrons. The van der Waals surface area contributed by atoms with Gasteiger partial charge in [-0.15, -0.1) is 12.4 Å². The highest BCUT2D eigenvalue weighted by Gasteiger charge is 2.59. The minimum atomic E-state index is -0.0449. The minimum absolute atomic E-state index is 0. The number of hydrogen-bond acceptors (Lipinski definition) is 4. The zero-order chi connectivity index (χ0) is 12.2. The molecule has 2 aliphatic rings. The van der Waals surface area contributed by atoms with E-state index in [1.54, 1.807) is 16.9 Å². The number of ether oxygens (including phenoxy) is 1. The summed E-state index contributed by atoms with van der Waals surface area (Å²) < 4.78 is 8.00. The highest BCUT2D eigenvalue weighted by molar-refractivity contribution is 5.85. The Morgan fingerprint density at radius 1 is 1.32 bits per heavy atom. The third-order valence-electron chi connectivity index (χ3n) is 4.26. The van der Waals surface area contributed by atoms with E-state index in [1.165, 1.54) is 6.42 Å². The van der Waals surface area contributed by atoms with Crippen LogP contribution in [-0.4, -0.2) is 26.2 Å². The smallest absolute Gasteiger partial charge is 0.240 e. The van der Waals surface area contributed by atoms with Crippen LogP contribution in [0.25, 0.3) is 5.52 Å². The standard InChI is InChI=1S/C13H16N4O.ClH/c14-10-2-1-9-7-13(9,8-10)18-12-11-3-4-16-17(11)6-5-15-12;/h3-6,9-10H,1-2,7-8,14H2;1H. The second-order valence-corrected chi connectivity index (χ2v) is 5.50. The Morgan fingerprint density at radius 3 is 3.11 bits per heavy atom. The molecule has 0 saturated heterocycles. The van der Waals surface area contributed by atoms with E-state index < -0.39 is 0 Å². The number of halogens is 1. The Labute approximate surface area is 117 Å². The Morgan fingerprint density at radius 2 is 2.21 bits per heavy atom. The van der Waals surface area contributed by atoms with E-state index in [2.05, 4.69) is 10.1 Å². The summed E-state index contributed by atoms with van der Waals surface area (Å²) in [5, 5.41) is 4.20. The van der Waals surface area contributed by atoms with E-state index in [1.807, 2.05) is 12.3 Å². The lowest BCUT2D eigenvalue weighted by molar-refractivity contribution is 0.114. The number of rotatable bonds is 2. The molecule has 2 aliphatic carbocycles. The molecule has 2 saturated carbocycles. The fourth-order valence-electron chi connectivity index (χ4n) is 3.20. The molecular weight excluding hydrogens is 264 g/mol. The van der Waals surface area contributed by atoms with E-state index in [0.717, 1.165) is 24.8 Å². The van der Waals surface area contributed by atoms with Gasteiger partial charge in [-0.3, -0.25) is 0 Å². The monoisotopic (exact) mass is 280 g/mol. The lowest BCUT2D eigenvalue weighted by Crippen LogP contribution is -2.36. The fraction of sp³-hybridized carbons (Fsp3) is 0.538. The van der Waals surface area contributed by atoms with E-state index in [0.29, 0.717) is 11.8 Å². The molecule has 2 aromatic heterocycles. The summed E-state index contributed by atoms with van der Waals surface area (Å²) in [6, 6.07) is 2.20. The van der Waals surface area contributed by atoms with Crippen LogP contribution in [0.5, 0.6) is 5.88 Å². The minimum Gasteiger partial charge on any atom is -0.469 e. The third kappa shape index (κ3) is 1.97. The van der Waals surface area contributed by atoms with Gasteiger partial charge in [-0.05, 0) is 25.3 Å². The predicted octanol–water partition coefficient (Wildman–Crippen LogP) is 1.80. The first-order valence-electron chi connectivity index (χ1n) is 6.50. The van der Waals surface area contributed by atoms with Gasteiger partial charge >= 0.3 is 0 Å². The summed E-state index contributed by atoms with van der Waals surface area (Å²) in [5.74, 6) is 1.36. The molecule has 0 aliphatic heterocycles. The fourth-order valence-corrected chi connectivity index (χ4v) is 3.20. The first kappa shape index (κ1) is 12.7. The molecular formula is C13H17ClN4O. The maximum atomic E-state index is 6.21. The Bertz CT molecular complexity index is 601. The van der Waals surface area contributed by atoms with Crippen LogP contribution >= 0.6 is 12.4 Å². The molecule has 0 aromatic carbocycles. The molecule has 2 fully saturated rings. The van der Waals surface area contributed by atoms with Gasteiger partial charge in [0.1, 0.15) is 11.1 Å². The molecule has 2 aromatic rings. The number of aromatic nitrogens is 3. The quantitative estimate of drug-likeness (QED) is 0.911. The van der Waals surface area contributed by atoms with Gasteiger partial charge in [-0.2, -0.15) is 5.10 Å². The van der Waals surface area contributed by atoms with Crippen molar-refractivity contribution in [2.45, 2.75) is 37.3 Å². The van der Waals surface area contributed by atoms with Crippen molar-refractivity contribution < 1.29 is 4.74 Å². The van der Waals surface area contributed by atoms with Crippen molar-refractivity contribution in [2.75, 3.05) is 0 Å². The van der Waals surface area contributed by atoms with Crippen molar-refractivity contribution in [1.29, 1.82) is 0 Å². The van der Waals surface area contributed by atoms with Gasteiger partial charge in [-0.1, -0.05) is 0 Å². The highest BCUT2D eigenvalue weighted by atomic mass is 35.5. The molecule has 0 amide bonds. The van der Waals surface area contributed by atoms with Crippen molar-refractivity contribution in [3.63, 3.8) is 0 Å². The average molecular weight is 281 g/mol. The molecule has 3 atom stereocenters. The summed E-state index contributed by atoms with van der Waals surface area (Å²) in [7, 11) is 0. The number of nitrogens with zero attached hydrogens (tertiary/aromatic N) is 3. The summed E-state index contributed by atoms with van der Waals surface area (Å²) >= 11 is 0. The predicted molar refractivity (Wildman–Crippen MR) is 73.5 cm³/mol. The number of hydrogen-bond donors (Lipinski definition) is 1. The number of nitrogens with two attached hydrogens (primary N) is 1. The van der Waals surface area contributed by atoms with Crippen LogP contribution < -0.4 is 10.5 Å². The van der Waals surface area contributed by atoms with E-state index >= 15 is 0 Å². The lowest BCUT2D eigenvalue weighted by Gasteiger charge is -2.27. The van der Waals surface area contributed by atoms with Gasteiger partial charge in [0, 0.05) is 30.8 Å². The van der Waals surface area contributed by atoms with Crippen molar-refractivity contribution >= 4 is 17.9 Å². The number of fused-ring (bicyclic) bond motifs is 2. The van der Waals surface area contributed by atoms with Crippen molar-refractivity contribution in [3.8, 4) is 5.88 Å². The van der Waals surface area contributed by atoms with Crippen molar-refractivity contribution in [2.24, 2.45) is 11.7 Å². The Hall–Kier alpha value is -1.33. The zero-order valence-electron chi connectivity index (χ0n) is 10.5. The van der Waals surface area contributed by atoms with Gasteiger partial charge in [0.05, 0.1) is 6.20 Å². The lowest BCUT2D eigenvalue weighted by atomic mass is 9.93. The molecule has 3 unspecified atom stereocenters. The van der Waals surface area contributed by atoms with Crippen molar-refractivity contribution in [3.05, 3.63) is 24.7 Å². The Balaban J connectivity index is 0.00000110. The second-order valence-electron chi connectivity index (χ2n) is 5.50. The first-order chi connectivity index (χ1) is 8.77. The van der Waals surface area contributed by atoms with Gasteiger partial charge in [-0.25, -0.2) is 9.50 Å². The summed E-state index contributed by atoms with van der Waals surface area (Å²) in [5.41, 5.74) is 6.95. The molecule has 6 heteroatoms.